The third-order valence-electron chi connectivity index (χ3n) is 5.06. The molecule has 1 aromatic heterocycles. The summed E-state index contributed by atoms with van der Waals surface area (Å²) in [6.07, 6.45) is 0.535. The summed E-state index contributed by atoms with van der Waals surface area (Å²) < 4.78 is 19.7. The van der Waals surface area contributed by atoms with Gasteiger partial charge in [-0.15, -0.1) is 0 Å². The Morgan fingerprint density at radius 3 is 2.62 bits per heavy atom. The molecule has 1 unspecified atom stereocenters. The third-order valence-corrected chi connectivity index (χ3v) is 5.37. The van der Waals surface area contributed by atoms with Crippen molar-refractivity contribution in [3.05, 3.63) is 64.2 Å². The van der Waals surface area contributed by atoms with E-state index in [-0.39, 0.29) is 11.8 Å². The van der Waals surface area contributed by atoms with Crippen LogP contribution >= 0.6 is 11.6 Å². The number of carboxylic acid groups (broad SMARTS) is 1. The van der Waals surface area contributed by atoms with E-state index in [2.05, 4.69) is 10.3 Å². The number of aliphatic carboxylic acids is 1. The average Bonchev–Trinajstić information content (AvgIpc) is 2.81. The van der Waals surface area contributed by atoms with Crippen molar-refractivity contribution in [1.82, 2.24) is 14.9 Å². The number of ether oxygens (including phenoxy) is 1. The van der Waals surface area contributed by atoms with Crippen molar-refractivity contribution in [3.8, 4) is 11.5 Å². The van der Waals surface area contributed by atoms with E-state index in [4.69, 9.17) is 21.4 Å². The van der Waals surface area contributed by atoms with Crippen molar-refractivity contribution in [2.75, 3.05) is 6.67 Å². The summed E-state index contributed by atoms with van der Waals surface area (Å²) >= 11 is 6.12. The molecule has 9 nitrogen and oxygen atoms in total. The molecule has 11 heteroatoms. The summed E-state index contributed by atoms with van der Waals surface area (Å²) in [5, 5.41) is 11.7. The van der Waals surface area contributed by atoms with Crippen LogP contribution in [-0.2, 0) is 14.4 Å². The lowest BCUT2D eigenvalue weighted by molar-refractivity contribution is -0.140. The number of nitrogens with zero attached hydrogens (tertiary/aromatic N) is 2. The zero-order valence-electron chi connectivity index (χ0n) is 18.0. The first-order valence-electron chi connectivity index (χ1n) is 10.3. The maximum absolute atomic E-state index is 13.2. The van der Waals surface area contributed by atoms with Crippen LogP contribution in [0.2, 0.25) is 5.02 Å². The SMILES string of the molecule is CC[C@@H](C(=O)NC(CC(=O)O)C(=O)CF)n1cnc2ccc(Oc3ccccc3Cl)cc2c1=O. The van der Waals surface area contributed by atoms with Crippen LogP contribution in [0.4, 0.5) is 4.39 Å². The number of hydrogen-bond donors (Lipinski definition) is 2. The van der Waals surface area contributed by atoms with Gasteiger partial charge in [0.1, 0.15) is 30.3 Å². The molecule has 0 aliphatic carbocycles. The van der Waals surface area contributed by atoms with Crippen LogP contribution in [0.3, 0.4) is 0 Å². The summed E-state index contributed by atoms with van der Waals surface area (Å²) in [4.78, 5) is 53.0. The number of carbonyl (C=O) groups excluding carboxylic acids is 2. The highest BCUT2D eigenvalue weighted by Crippen LogP contribution is 2.29. The molecule has 1 heterocycles. The lowest BCUT2D eigenvalue weighted by Gasteiger charge is -2.21. The molecule has 2 N–H and O–H groups in total. The van der Waals surface area contributed by atoms with E-state index in [1.165, 1.54) is 12.4 Å². The second-order valence-electron chi connectivity index (χ2n) is 7.35. The molecule has 0 saturated carbocycles. The quantitative estimate of drug-likeness (QED) is 0.447. The number of amides is 1. The number of carbonyl (C=O) groups is 3. The normalized spacial score (nSPS) is 12.7. The van der Waals surface area contributed by atoms with Gasteiger partial charge in [0.25, 0.3) is 5.56 Å². The minimum atomic E-state index is -1.55. The standard InChI is InChI=1S/C23H21ClFN3O6/c1-2-18(22(32)27-17(10-21(30)31)19(29)11-25)28-12-26-16-8-7-13(9-14(16)23(28)33)34-20-6-4-3-5-15(20)24/h3-9,12,17-18H,2,10-11H2,1H3,(H,27,32)(H,30,31)/t17?,18-/m0/s1. The highest BCUT2D eigenvalue weighted by molar-refractivity contribution is 6.32. The van der Waals surface area contributed by atoms with Gasteiger partial charge in [0.15, 0.2) is 5.78 Å². The number of carboxylic acids is 1. The van der Waals surface area contributed by atoms with Gasteiger partial charge in [0.05, 0.1) is 28.7 Å². The molecule has 0 saturated heterocycles. The predicted molar refractivity (Wildman–Crippen MR) is 122 cm³/mol. The van der Waals surface area contributed by atoms with Crippen LogP contribution in [-0.4, -0.2) is 45.0 Å². The van der Waals surface area contributed by atoms with E-state index in [0.717, 1.165) is 4.57 Å². The summed E-state index contributed by atoms with van der Waals surface area (Å²) in [6.45, 7) is 0.196. The van der Waals surface area contributed by atoms with Crippen LogP contribution in [0.25, 0.3) is 10.9 Å². The van der Waals surface area contributed by atoms with Crippen molar-refractivity contribution in [2.24, 2.45) is 0 Å². The van der Waals surface area contributed by atoms with Crippen molar-refractivity contribution in [3.63, 3.8) is 0 Å². The first-order chi connectivity index (χ1) is 16.2. The van der Waals surface area contributed by atoms with Gasteiger partial charge >= 0.3 is 5.97 Å². The smallest absolute Gasteiger partial charge is 0.305 e. The Balaban J connectivity index is 1.93. The first kappa shape index (κ1) is 24.8. The fourth-order valence-corrected chi connectivity index (χ4v) is 3.52. The van der Waals surface area contributed by atoms with Gasteiger partial charge in [-0.1, -0.05) is 30.7 Å². The molecule has 0 fully saturated rings. The second kappa shape index (κ2) is 10.9. The lowest BCUT2D eigenvalue weighted by Crippen LogP contribution is -2.47. The van der Waals surface area contributed by atoms with Gasteiger partial charge in [-0.05, 0) is 36.8 Å². The molecular formula is C23H21ClFN3O6. The zero-order chi connectivity index (χ0) is 24.8. The Morgan fingerprint density at radius 2 is 1.97 bits per heavy atom. The summed E-state index contributed by atoms with van der Waals surface area (Å²) in [7, 11) is 0. The summed E-state index contributed by atoms with van der Waals surface area (Å²) in [6, 6.07) is 8.81. The average molecular weight is 490 g/mol. The van der Waals surface area contributed by atoms with Crippen molar-refractivity contribution < 1.29 is 28.6 Å². The Bertz CT molecular complexity index is 1300. The van der Waals surface area contributed by atoms with Crippen LogP contribution in [0.5, 0.6) is 11.5 Å². The Labute approximate surface area is 198 Å². The molecule has 0 bridgehead atoms. The molecule has 0 aliphatic rings. The number of rotatable bonds is 10. The maximum Gasteiger partial charge on any atom is 0.305 e. The van der Waals surface area contributed by atoms with Gasteiger partial charge in [-0.25, -0.2) is 9.37 Å². The molecule has 0 aliphatic heterocycles. The van der Waals surface area contributed by atoms with Crippen LogP contribution < -0.4 is 15.6 Å². The van der Waals surface area contributed by atoms with Crippen LogP contribution in [0.15, 0.2) is 53.6 Å². The molecular weight excluding hydrogens is 469 g/mol. The van der Waals surface area contributed by atoms with E-state index in [0.29, 0.717) is 22.0 Å². The fourth-order valence-electron chi connectivity index (χ4n) is 3.34. The number of Topliss-reactive ketones (excluding diaryl/α,β-unsaturated/α-hetero) is 1. The van der Waals surface area contributed by atoms with E-state index in [1.807, 2.05) is 0 Å². The molecule has 2 atom stereocenters. The van der Waals surface area contributed by atoms with E-state index in [9.17, 15) is 23.6 Å². The molecule has 2 aromatic carbocycles. The molecule has 178 valence electrons. The second-order valence-corrected chi connectivity index (χ2v) is 7.76. The number of hydrogen-bond acceptors (Lipinski definition) is 6. The first-order valence-corrected chi connectivity index (χ1v) is 10.7. The maximum atomic E-state index is 13.2. The highest BCUT2D eigenvalue weighted by Gasteiger charge is 2.28. The van der Waals surface area contributed by atoms with E-state index >= 15 is 0 Å². The topological polar surface area (TPSA) is 128 Å². The van der Waals surface area contributed by atoms with Gasteiger partial charge in [0, 0.05) is 0 Å². The molecule has 0 spiro atoms. The number of alkyl halides is 1. The molecule has 3 aromatic rings. The van der Waals surface area contributed by atoms with Crippen molar-refractivity contribution in [2.45, 2.75) is 31.8 Å². The predicted octanol–water partition coefficient (Wildman–Crippen LogP) is 3.29. The summed E-state index contributed by atoms with van der Waals surface area (Å²) in [5.74, 6) is -2.54. The number of para-hydroxylation sites is 1. The monoisotopic (exact) mass is 489 g/mol. The van der Waals surface area contributed by atoms with E-state index < -0.39 is 48.4 Å². The van der Waals surface area contributed by atoms with Crippen LogP contribution in [0, 0.1) is 0 Å². The van der Waals surface area contributed by atoms with Gasteiger partial charge < -0.3 is 15.2 Å². The van der Waals surface area contributed by atoms with Crippen molar-refractivity contribution >= 4 is 40.2 Å². The highest BCUT2D eigenvalue weighted by atomic mass is 35.5. The number of aromatic nitrogens is 2. The largest absolute Gasteiger partial charge is 0.481 e. The minimum Gasteiger partial charge on any atom is -0.481 e. The number of halogens is 2. The number of ketones is 1. The molecule has 1 amide bonds. The minimum absolute atomic E-state index is 0.123. The Hall–Kier alpha value is -3.79. The number of benzene rings is 2. The zero-order valence-corrected chi connectivity index (χ0v) is 18.8. The molecule has 0 radical (unpaired) electrons. The van der Waals surface area contributed by atoms with Gasteiger partial charge in [-0.3, -0.25) is 23.7 Å². The third kappa shape index (κ3) is 5.57. The summed E-state index contributed by atoms with van der Waals surface area (Å²) in [5.41, 5.74) is -0.192. The number of fused-ring (bicyclic) bond motifs is 1. The van der Waals surface area contributed by atoms with Crippen molar-refractivity contribution in [1.29, 1.82) is 0 Å². The molecule has 3 rings (SSSR count). The van der Waals surface area contributed by atoms with E-state index in [1.54, 1.807) is 43.3 Å². The number of nitrogens with one attached hydrogen (secondary N) is 1. The lowest BCUT2D eigenvalue weighted by atomic mass is 10.1. The van der Waals surface area contributed by atoms with Gasteiger partial charge in [-0.2, -0.15) is 0 Å². The molecule has 34 heavy (non-hydrogen) atoms. The Morgan fingerprint density at radius 1 is 1.24 bits per heavy atom. The fraction of sp³-hybridized carbons (Fsp3) is 0.261. The Kier molecular flexibility index (Phi) is 7.95. The van der Waals surface area contributed by atoms with Gasteiger partial charge in [0.2, 0.25) is 5.91 Å². The van der Waals surface area contributed by atoms with Crippen LogP contribution in [0.1, 0.15) is 25.8 Å².